The molecule has 0 aliphatic rings. The molecule has 1 aromatic carbocycles. The van der Waals surface area contributed by atoms with Gasteiger partial charge in [0.2, 0.25) is 0 Å². The minimum atomic E-state index is -3.21. The zero-order chi connectivity index (χ0) is 11.6. The summed E-state index contributed by atoms with van der Waals surface area (Å²) >= 11 is 0. The van der Waals surface area contributed by atoms with Crippen molar-refractivity contribution < 1.29 is 13.2 Å². The smallest absolute Gasteiger partial charge is 0.178 e. The molecule has 0 saturated heterocycles. The molecule has 2 N–H and O–H groups in total. The fourth-order valence-corrected chi connectivity index (χ4v) is 2.23. The van der Waals surface area contributed by atoms with E-state index in [0.29, 0.717) is 17.0 Å². The van der Waals surface area contributed by atoms with E-state index in [4.69, 9.17) is 10.5 Å². The minimum Gasteiger partial charge on any atom is -0.495 e. The Bertz CT molecular complexity index is 466. The van der Waals surface area contributed by atoms with Crippen LogP contribution in [0.3, 0.4) is 0 Å². The van der Waals surface area contributed by atoms with E-state index in [1.807, 2.05) is 0 Å². The highest BCUT2D eigenvalue weighted by molar-refractivity contribution is 7.91. The fraction of sp³-hybridized carbons (Fsp3) is 0.400. The summed E-state index contributed by atoms with van der Waals surface area (Å²) in [6.45, 7) is 3.36. The molecular weight excluding hydrogens is 214 g/mol. The van der Waals surface area contributed by atoms with E-state index >= 15 is 0 Å². The monoisotopic (exact) mass is 229 g/mol. The molecular formula is C10H15NO3S. The van der Waals surface area contributed by atoms with Crippen LogP contribution in [0, 0.1) is 6.92 Å². The highest BCUT2D eigenvalue weighted by Gasteiger charge is 2.15. The van der Waals surface area contributed by atoms with Crippen LogP contribution in [0.4, 0.5) is 5.69 Å². The third-order valence-electron chi connectivity index (χ3n) is 2.28. The zero-order valence-corrected chi connectivity index (χ0v) is 9.89. The number of rotatable bonds is 3. The van der Waals surface area contributed by atoms with Crippen LogP contribution < -0.4 is 10.5 Å². The first kappa shape index (κ1) is 11.8. The second kappa shape index (κ2) is 4.10. The third-order valence-corrected chi connectivity index (χ3v) is 4.00. The quantitative estimate of drug-likeness (QED) is 0.795. The Morgan fingerprint density at radius 1 is 1.40 bits per heavy atom. The molecule has 0 bridgehead atoms. The molecule has 0 fully saturated rings. The molecule has 4 nitrogen and oxygen atoms in total. The number of nitrogens with two attached hydrogens (primary N) is 1. The summed E-state index contributed by atoms with van der Waals surface area (Å²) in [4.78, 5) is 0.258. The Kier molecular flexibility index (Phi) is 3.24. The maximum absolute atomic E-state index is 11.6. The normalized spacial score (nSPS) is 11.4. The average molecular weight is 229 g/mol. The van der Waals surface area contributed by atoms with Crippen LogP contribution in [0.25, 0.3) is 0 Å². The lowest BCUT2D eigenvalue weighted by Gasteiger charge is -2.10. The van der Waals surface area contributed by atoms with E-state index in [1.165, 1.54) is 13.2 Å². The standard InChI is InChI=1S/C10H15NO3S/c1-4-15(12,13)8-5-7(2)10(11)9(6-8)14-3/h5-6H,4,11H2,1-3H3. The maximum atomic E-state index is 11.6. The van der Waals surface area contributed by atoms with Gasteiger partial charge in [-0.1, -0.05) is 6.92 Å². The van der Waals surface area contributed by atoms with Crippen LogP contribution in [0.15, 0.2) is 17.0 Å². The molecule has 0 atom stereocenters. The van der Waals surface area contributed by atoms with Gasteiger partial charge in [0.25, 0.3) is 0 Å². The molecule has 0 saturated carbocycles. The van der Waals surface area contributed by atoms with Gasteiger partial charge in [0.15, 0.2) is 9.84 Å². The van der Waals surface area contributed by atoms with Crippen molar-refractivity contribution in [2.75, 3.05) is 18.6 Å². The first-order valence-electron chi connectivity index (χ1n) is 4.59. The number of sulfone groups is 1. The Morgan fingerprint density at radius 2 is 2.00 bits per heavy atom. The maximum Gasteiger partial charge on any atom is 0.178 e. The lowest BCUT2D eigenvalue weighted by Crippen LogP contribution is -2.06. The van der Waals surface area contributed by atoms with Gasteiger partial charge in [0.1, 0.15) is 5.75 Å². The van der Waals surface area contributed by atoms with Gasteiger partial charge in [-0.3, -0.25) is 0 Å². The molecule has 0 aromatic heterocycles. The summed E-state index contributed by atoms with van der Waals surface area (Å²) in [6, 6.07) is 3.03. The average Bonchev–Trinajstić information content (AvgIpc) is 2.21. The van der Waals surface area contributed by atoms with Crippen molar-refractivity contribution in [1.82, 2.24) is 0 Å². The predicted molar refractivity (Wildman–Crippen MR) is 59.9 cm³/mol. The fourth-order valence-electron chi connectivity index (χ4n) is 1.25. The number of hydrogen-bond donors (Lipinski definition) is 1. The van der Waals surface area contributed by atoms with E-state index in [-0.39, 0.29) is 10.6 Å². The molecule has 0 aliphatic carbocycles. The first-order chi connectivity index (χ1) is 6.92. The molecule has 15 heavy (non-hydrogen) atoms. The van der Waals surface area contributed by atoms with Crippen LogP contribution >= 0.6 is 0 Å². The Hall–Kier alpha value is -1.23. The number of aryl methyl sites for hydroxylation is 1. The van der Waals surface area contributed by atoms with Gasteiger partial charge in [-0.2, -0.15) is 0 Å². The topological polar surface area (TPSA) is 69.4 Å². The van der Waals surface area contributed by atoms with Crippen molar-refractivity contribution in [2.24, 2.45) is 0 Å². The number of hydrogen-bond acceptors (Lipinski definition) is 4. The van der Waals surface area contributed by atoms with Crippen LogP contribution in [0.1, 0.15) is 12.5 Å². The number of benzene rings is 1. The van der Waals surface area contributed by atoms with Crippen LogP contribution in [-0.4, -0.2) is 21.3 Å². The van der Waals surface area contributed by atoms with E-state index in [9.17, 15) is 8.42 Å². The third kappa shape index (κ3) is 2.23. The number of anilines is 1. The van der Waals surface area contributed by atoms with Gasteiger partial charge in [-0.15, -0.1) is 0 Å². The Morgan fingerprint density at radius 3 is 2.47 bits per heavy atom. The predicted octanol–water partition coefficient (Wildman–Crippen LogP) is 1.38. The van der Waals surface area contributed by atoms with Crippen molar-refractivity contribution >= 4 is 15.5 Å². The van der Waals surface area contributed by atoms with E-state index in [1.54, 1.807) is 19.9 Å². The first-order valence-corrected chi connectivity index (χ1v) is 6.24. The van der Waals surface area contributed by atoms with Crippen LogP contribution in [0.5, 0.6) is 5.75 Å². The van der Waals surface area contributed by atoms with E-state index < -0.39 is 9.84 Å². The molecule has 0 heterocycles. The zero-order valence-electron chi connectivity index (χ0n) is 9.07. The summed E-state index contributed by atoms with van der Waals surface area (Å²) in [6.07, 6.45) is 0. The summed E-state index contributed by atoms with van der Waals surface area (Å²) in [5.41, 5.74) is 6.92. The number of nitrogen functional groups attached to an aromatic ring is 1. The summed E-state index contributed by atoms with van der Waals surface area (Å²) in [5, 5.41) is 0. The van der Waals surface area contributed by atoms with E-state index in [2.05, 4.69) is 0 Å². The molecule has 0 radical (unpaired) electrons. The van der Waals surface area contributed by atoms with Crippen molar-refractivity contribution in [3.05, 3.63) is 17.7 Å². The lowest BCUT2D eigenvalue weighted by atomic mass is 10.2. The molecule has 0 spiro atoms. The van der Waals surface area contributed by atoms with Crippen LogP contribution in [-0.2, 0) is 9.84 Å². The molecule has 1 rings (SSSR count). The highest BCUT2D eigenvalue weighted by Crippen LogP contribution is 2.29. The summed E-state index contributed by atoms with van der Waals surface area (Å²) in [7, 11) is -1.74. The van der Waals surface area contributed by atoms with Crippen molar-refractivity contribution in [3.8, 4) is 5.75 Å². The molecule has 0 amide bonds. The van der Waals surface area contributed by atoms with Gasteiger partial charge < -0.3 is 10.5 Å². The number of ether oxygens (including phenoxy) is 1. The van der Waals surface area contributed by atoms with Gasteiger partial charge in [-0.05, 0) is 18.6 Å². The second-order valence-corrected chi connectivity index (χ2v) is 5.54. The van der Waals surface area contributed by atoms with Gasteiger partial charge in [-0.25, -0.2) is 8.42 Å². The van der Waals surface area contributed by atoms with E-state index in [0.717, 1.165) is 0 Å². The van der Waals surface area contributed by atoms with Gasteiger partial charge >= 0.3 is 0 Å². The molecule has 5 heteroatoms. The molecule has 1 aromatic rings. The molecule has 84 valence electrons. The molecule has 0 unspecified atom stereocenters. The largest absolute Gasteiger partial charge is 0.495 e. The summed E-state index contributed by atoms with van der Waals surface area (Å²) < 4.78 is 28.3. The highest BCUT2D eigenvalue weighted by atomic mass is 32.2. The van der Waals surface area contributed by atoms with Crippen molar-refractivity contribution in [2.45, 2.75) is 18.7 Å². The minimum absolute atomic E-state index is 0.0690. The SMILES string of the molecule is CCS(=O)(=O)c1cc(C)c(N)c(OC)c1. The lowest BCUT2D eigenvalue weighted by molar-refractivity contribution is 0.415. The summed E-state index contributed by atoms with van der Waals surface area (Å²) in [5.74, 6) is 0.474. The van der Waals surface area contributed by atoms with Crippen molar-refractivity contribution in [1.29, 1.82) is 0 Å². The van der Waals surface area contributed by atoms with Crippen molar-refractivity contribution in [3.63, 3.8) is 0 Å². The van der Waals surface area contributed by atoms with Gasteiger partial charge in [0.05, 0.1) is 23.4 Å². The number of methoxy groups -OCH3 is 1. The second-order valence-electron chi connectivity index (χ2n) is 3.26. The molecule has 0 aliphatic heterocycles. The van der Waals surface area contributed by atoms with Crippen LogP contribution in [0.2, 0.25) is 0 Å². The Labute approximate surface area is 90.0 Å². The Balaban J connectivity index is 3.42. The van der Waals surface area contributed by atoms with Gasteiger partial charge in [0, 0.05) is 6.07 Å².